The molecule has 0 aromatic carbocycles. The van der Waals surface area contributed by atoms with E-state index in [-0.39, 0.29) is 24.2 Å². The van der Waals surface area contributed by atoms with E-state index in [0.717, 1.165) is 25.7 Å². The van der Waals surface area contributed by atoms with Gasteiger partial charge in [0.05, 0.1) is 12.6 Å². The largest absolute Gasteiger partial charge is 0.472 e. The lowest BCUT2D eigenvalue weighted by atomic mass is 9.85. The molecule has 1 fully saturated rings. The number of alkyl halides is 5. The fourth-order valence-electron chi connectivity index (χ4n) is 5.67. The minimum Gasteiger partial charge on any atom is -0.463 e. The average molecular weight is 996 g/mol. The quantitative estimate of drug-likeness (QED) is 0.0268. The van der Waals surface area contributed by atoms with Crippen LogP contribution in [0.4, 0.5) is 27.9 Å². The molecule has 0 radical (unpaired) electrons. The highest BCUT2D eigenvalue weighted by molar-refractivity contribution is 7.90. The predicted molar refractivity (Wildman–Crippen MR) is 195 cm³/mol. The smallest absolute Gasteiger partial charge is 0.463 e. The van der Waals surface area contributed by atoms with E-state index >= 15 is 0 Å². The molecule has 1 aliphatic rings. The summed E-state index contributed by atoms with van der Waals surface area (Å²) in [6.45, 7) is 1.26. The van der Waals surface area contributed by atoms with Gasteiger partial charge in [-0.3, -0.25) is 32.6 Å². The topological polar surface area (TPSA) is 374 Å². The number of anilines is 1. The SMILES string of the molecule is CCCCCCCC(=O)OC[C@H](COP(=O)(O)O[C@@H]1[C@H](O)[C@H](O)[C@@H](OP(=O)(O)O)[C@H](OP(=O)(O)O)[C@H]1O)N(C(=O)CCCCCCC)c1nnn(S(=O)(=O)C(F)(F)C(F)(F)F)n1. The van der Waals surface area contributed by atoms with Gasteiger partial charge in [0.1, 0.15) is 43.2 Å². The maximum Gasteiger partial charge on any atom is 0.472 e. The molecule has 62 heavy (non-hydrogen) atoms. The molecule has 1 heterocycles. The maximum atomic E-state index is 14.1. The van der Waals surface area contributed by atoms with E-state index in [4.69, 9.17) is 13.8 Å². The second-order valence-electron chi connectivity index (χ2n) is 13.7. The number of hydrogen-bond acceptors (Lipinski definition) is 18. The van der Waals surface area contributed by atoms with E-state index in [0.29, 0.717) is 25.7 Å². The van der Waals surface area contributed by atoms with Gasteiger partial charge in [-0.2, -0.15) is 30.4 Å². The van der Waals surface area contributed by atoms with Crippen molar-refractivity contribution in [2.24, 2.45) is 0 Å². The highest BCUT2D eigenvalue weighted by Crippen LogP contribution is 2.51. The van der Waals surface area contributed by atoms with Crippen LogP contribution in [0.25, 0.3) is 0 Å². The molecule has 8 atom stereocenters. The van der Waals surface area contributed by atoms with Gasteiger partial charge in [-0.25, -0.2) is 13.7 Å². The summed E-state index contributed by atoms with van der Waals surface area (Å²) in [6.07, 6.45) is -18.1. The van der Waals surface area contributed by atoms with E-state index in [1.54, 1.807) is 0 Å². The Morgan fingerprint density at radius 2 is 1.23 bits per heavy atom. The maximum absolute atomic E-state index is 14.1. The van der Waals surface area contributed by atoms with Crippen LogP contribution in [0.1, 0.15) is 90.9 Å². The highest BCUT2D eigenvalue weighted by atomic mass is 32.2. The average Bonchev–Trinajstić information content (AvgIpc) is 3.64. The Labute approximate surface area is 350 Å². The molecule has 1 unspecified atom stereocenters. The minimum absolute atomic E-state index is 0.0466. The normalized spacial score (nSPS) is 23.1. The zero-order valence-electron chi connectivity index (χ0n) is 32.8. The third-order valence-corrected chi connectivity index (χ3v) is 12.2. The molecular formula is C28H49F5N5O20P3S. The Hall–Kier alpha value is -2.18. The molecule has 1 amide bonds. The monoisotopic (exact) mass is 995 g/mol. The van der Waals surface area contributed by atoms with Crippen molar-refractivity contribution < 1.29 is 116 Å². The lowest BCUT2D eigenvalue weighted by Gasteiger charge is -2.44. The number of rotatable bonds is 27. The van der Waals surface area contributed by atoms with Crippen LogP contribution < -0.4 is 4.90 Å². The minimum atomic E-state index is -6.89. The number of aliphatic hydroxyl groups excluding tert-OH is 3. The van der Waals surface area contributed by atoms with Crippen LogP contribution in [-0.4, -0.2) is 147 Å². The molecule has 1 saturated carbocycles. The summed E-state index contributed by atoms with van der Waals surface area (Å²) in [7, 11) is -24.3. The molecule has 2 rings (SSSR count). The third kappa shape index (κ3) is 16.4. The Morgan fingerprint density at radius 3 is 1.73 bits per heavy atom. The van der Waals surface area contributed by atoms with Crippen LogP contribution in [0, 0.1) is 0 Å². The van der Waals surface area contributed by atoms with Gasteiger partial charge in [0.15, 0.2) is 0 Å². The van der Waals surface area contributed by atoms with Crippen molar-refractivity contribution in [2.75, 3.05) is 18.1 Å². The van der Waals surface area contributed by atoms with Crippen LogP contribution in [0.3, 0.4) is 0 Å². The predicted octanol–water partition coefficient (Wildman–Crippen LogP) is 1.53. The van der Waals surface area contributed by atoms with E-state index in [2.05, 4.69) is 24.5 Å². The number of nitrogens with zero attached hydrogens (tertiary/aromatic N) is 5. The zero-order chi connectivity index (χ0) is 47.5. The first-order chi connectivity index (χ1) is 28.4. The molecular weight excluding hydrogens is 946 g/mol. The van der Waals surface area contributed by atoms with Crippen molar-refractivity contribution in [1.29, 1.82) is 0 Å². The number of carbonyl (C=O) groups excluding carboxylic acids is 2. The van der Waals surface area contributed by atoms with Crippen molar-refractivity contribution in [3.63, 3.8) is 0 Å². The van der Waals surface area contributed by atoms with Crippen LogP contribution in [-0.2, 0) is 56.1 Å². The van der Waals surface area contributed by atoms with Gasteiger partial charge < -0.3 is 44.5 Å². The van der Waals surface area contributed by atoms with E-state index in [1.807, 2.05) is 13.8 Å². The number of amides is 1. The molecule has 362 valence electrons. The van der Waals surface area contributed by atoms with Crippen molar-refractivity contribution in [2.45, 2.75) is 145 Å². The fraction of sp³-hybridized carbons (Fsp3) is 0.893. The fourth-order valence-corrected chi connectivity index (χ4v) is 8.58. The Bertz CT molecular complexity index is 1870. The van der Waals surface area contributed by atoms with Crippen molar-refractivity contribution in [3.05, 3.63) is 0 Å². The number of halogens is 5. The molecule has 1 aromatic rings. The molecule has 0 bridgehead atoms. The van der Waals surface area contributed by atoms with Crippen LogP contribution >= 0.6 is 23.5 Å². The molecule has 0 spiro atoms. The molecule has 0 saturated heterocycles. The van der Waals surface area contributed by atoms with E-state index in [1.165, 1.54) is 0 Å². The van der Waals surface area contributed by atoms with Gasteiger partial charge in [0, 0.05) is 12.8 Å². The standard InChI is InChI=1S/C28H49F5N5O20P3S/c1-3-5-7-9-11-13-18(39)37(26-34-36-38(35-26)62(52,53)28(32,33)27(29,30)31)17(15-54-19(40)14-12-10-8-6-4-2)16-55-61(50,51)58-23-20(41)21(42)24(56-59(44,45)46)25(22(23)43)57-60(47,48)49/h17,20-25,41-43H,3-16H2,1-2H3,(H,50,51)(H2,44,45,46)(H2,47,48,49)/t17-,20-,21+,22+,23-,24-,25-/m1/s1. The first-order valence-electron chi connectivity index (χ1n) is 18.6. The van der Waals surface area contributed by atoms with E-state index < -0.39 is 129 Å². The van der Waals surface area contributed by atoms with Gasteiger partial charge in [-0.1, -0.05) is 75.4 Å². The highest BCUT2D eigenvalue weighted by Gasteiger charge is 2.69. The first-order valence-corrected chi connectivity index (χ1v) is 24.6. The molecule has 0 aliphatic heterocycles. The lowest BCUT2D eigenvalue weighted by molar-refractivity contribution is -0.241. The number of phosphoric acid groups is 3. The number of tetrazole rings is 1. The van der Waals surface area contributed by atoms with Gasteiger partial charge in [-0.15, -0.1) is 0 Å². The number of phosphoric ester groups is 3. The lowest BCUT2D eigenvalue weighted by Crippen LogP contribution is -2.65. The van der Waals surface area contributed by atoms with Gasteiger partial charge in [-0.05, 0) is 22.3 Å². The summed E-state index contributed by atoms with van der Waals surface area (Å²) in [5.74, 6) is -3.48. The van der Waals surface area contributed by atoms with Crippen molar-refractivity contribution in [1.82, 2.24) is 19.6 Å². The number of aliphatic hydroxyl groups is 3. The summed E-state index contributed by atoms with van der Waals surface area (Å²) in [5, 5.41) is 34.3. The Balaban J connectivity index is 2.59. The molecule has 1 aromatic heterocycles. The second kappa shape index (κ2) is 23.3. The summed E-state index contributed by atoms with van der Waals surface area (Å²) >= 11 is 0. The number of esters is 1. The molecule has 34 heteroatoms. The second-order valence-corrected chi connectivity index (χ2v) is 19.3. The first kappa shape index (κ1) is 56.0. The Morgan fingerprint density at radius 1 is 0.742 bits per heavy atom. The van der Waals surface area contributed by atoms with Crippen molar-refractivity contribution >= 4 is 51.3 Å². The van der Waals surface area contributed by atoms with Crippen LogP contribution in [0.15, 0.2) is 0 Å². The van der Waals surface area contributed by atoms with Gasteiger partial charge in [0.25, 0.3) is 5.95 Å². The Kier molecular flexibility index (Phi) is 21.0. The van der Waals surface area contributed by atoms with Gasteiger partial charge >= 0.3 is 50.9 Å². The number of ether oxygens (including phenoxy) is 1. The molecule has 8 N–H and O–H groups in total. The molecule has 25 nitrogen and oxygen atoms in total. The van der Waals surface area contributed by atoms with Crippen LogP contribution in [0.5, 0.6) is 0 Å². The summed E-state index contributed by atoms with van der Waals surface area (Å²) in [6, 6.07) is -2.05. The molecule has 1 aliphatic carbocycles. The van der Waals surface area contributed by atoms with E-state index in [9.17, 15) is 93.4 Å². The summed E-state index contributed by atoms with van der Waals surface area (Å²) in [4.78, 5) is 74.4. The van der Waals surface area contributed by atoms with Crippen LogP contribution in [0.2, 0.25) is 0 Å². The number of carbonyl (C=O) groups is 2. The number of unbranched alkanes of at least 4 members (excludes halogenated alkanes) is 8. The third-order valence-electron chi connectivity index (χ3n) is 8.74. The number of hydrogen-bond donors (Lipinski definition) is 8. The zero-order valence-corrected chi connectivity index (χ0v) is 36.3. The summed E-state index contributed by atoms with van der Waals surface area (Å²) < 4.78 is 151. The number of aromatic nitrogens is 4. The summed E-state index contributed by atoms with van der Waals surface area (Å²) in [5.41, 5.74) is 0. The van der Waals surface area contributed by atoms with Gasteiger partial charge in [0.2, 0.25) is 5.91 Å². The van der Waals surface area contributed by atoms with Crippen molar-refractivity contribution in [3.8, 4) is 0 Å².